The highest BCUT2D eigenvalue weighted by Gasteiger charge is 2.17. The molecule has 0 N–H and O–H groups in total. The maximum Gasteiger partial charge on any atom is 0.0467 e. The summed E-state index contributed by atoms with van der Waals surface area (Å²) in [4.78, 5) is 2.38. The molecule has 10 rings (SSSR count). The normalized spacial score (nSPS) is 11.3. The van der Waals surface area contributed by atoms with E-state index in [2.05, 4.69) is 229 Å². The van der Waals surface area contributed by atoms with Gasteiger partial charge in [0.1, 0.15) is 0 Å². The van der Waals surface area contributed by atoms with Crippen LogP contribution in [0.2, 0.25) is 0 Å². The van der Waals surface area contributed by atoms with Crippen LogP contribution in [0.15, 0.2) is 224 Å². The maximum atomic E-state index is 2.38. The molecule has 0 radical (unpaired) electrons. The van der Waals surface area contributed by atoms with Crippen LogP contribution in [-0.4, -0.2) is 0 Å². The highest BCUT2D eigenvalue weighted by molar-refractivity contribution is 6.14. The fraction of sp³-hybridized carbons (Fsp3) is 0. The number of benzene rings is 10. The van der Waals surface area contributed by atoms with E-state index in [0.29, 0.717) is 0 Å². The Balaban J connectivity index is 1.11. The second kappa shape index (κ2) is 14.0. The molecule has 258 valence electrons. The fourth-order valence-corrected chi connectivity index (χ4v) is 8.20. The first-order valence-electron chi connectivity index (χ1n) is 18.9. The molecule has 0 spiro atoms. The summed E-state index contributed by atoms with van der Waals surface area (Å²) < 4.78 is 0. The molecule has 0 aliphatic rings. The van der Waals surface area contributed by atoms with Gasteiger partial charge in [0.2, 0.25) is 0 Å². The summed E-state index contributed by atoms with van der Waals surface area (Å²) >= 11 is 0. The SMILES string of the molecule is c1ccc(-c2ccc(N(c3ccc(-c4ccc5ccccc5c4-c4ccccc4)cc3)c3cccc(-c4cc5ccccc5c5ccccc45)c3)cc2)cc1. The molecule has 10 aromatic carbocycles. The van der Waals surface area contributed by atoms with E-state index >= 15 is 0 Å². The largest absolute Gasteiger partial charge is 0.310 e. The summed E-state index contributed by atoms with van der Waals surface area (Å²) in [6, 6.07) is 81.4. The van der Waals surface area contributed by atoms with E-state index in [4.69, 9.17) is 0 Å². The number of rotatable bonds is 7. The molecule has 0 bridgehead atoms. The lowest BCUT2D eigenvalue weighted by atomic mass is 9.89. The Labute approximate surface area is 322 Å². The predicted molar refractivity (Wildman–Crippen MR) is 235 cm³/mol. The van der Waals surface area contributed by atoms with Gasteiger partial charge in [-0.2, -0.15) is 0 Å². The van der Waals surface area contributed by atoms with E-state index in [1.165, 1.54) is 76.8 Å². The minimum Gasteiger partial charge on any atom is -0.310 e. The van der Waals surface area contributed by atoms with Gasteiger partial charge in [-0.15, -0.1) is 0 Å². The molecule has 0 heterocycles. The van der Waals surface area contributed by atoms with Crippen LogP contribution in [0.3, 0.4) is 0 Å². The first kappa shape index (κ1) is 32.4. The van der Waals surface area contributed by atoms with E-state index in [9.17, 15) is 0 Å². The third kappa shape index (κ3) is 6.02. The van der Waals surface area contributed by atoms with Crippen LogP contribution in [0, 0.1) is 0 Å². The number of fused-ring (bicyclic) bond motifs is 4. The average molecular weight is 700 g/mol. The topological polar surface area (TPSA) is 3.24 Å². The van der Waals surface area contributed by atoms with Crippen molar-refractivity contribution >= 4 is 49.4 Å². The molecular weight excluding hydrogens is 663 g/mol. The van der Waals surface area contributed by atoms with Gasteiger partial charge in [-0.3, -0.25) is 0 Å². The summed E-state index contributed by atoms with van der Waals surface area (Å²) in [5.41, 5.74) is 13.0. The van der Waals surface area contributed by atoms with Gasteiger partial charge in [0.15, 0.2) is 0 Å². The molecule has 0 atom stereocenters. The number of hydrogen-bond acceptors (Lipinski definition) is 1. The zero-order valence-electron chi connectivity index (χ0n) is 30.3. The van der Waals surface area contributed by atoms with Crippen molar-refractivity contribution in [1.29, 1.82) is 0 Å². The second-order valence-corrected chi connectivity index (χ2v) is 14.1. The van der Waals surface area contributed by atoms with Crippen LogP contribution in [-0.2, 0) is 0 Å². The van der Waals surface area contributed by atoms with Crippen LogP contribution in [0.1, 0.15) is 0 Å². The lowest BCUT2D eigenvalue weighted by Gasteiger charge is -2.27. The van der Waals surface area contributed by atoms with Crippen molar-refractivity contribution < 1.29 is 0 Å². The minimum atomic E-state index is 1.10. The van der Waals surface area contributed by atoms with Crippen LogP contribution in [0.4, 0.5) is 17.1 Å². The van der Waals surface area contributed by atoms with Crippen molar-refractivity contribution in [2.24, 2.45) is 0 Å². The summed E-state index contributed by atoms with van der Waals surface area (Å²) in [7, 11) is 0. The average Bonchev–Trinajstić information content (AvgIpc) is 3.27. The molecule has 0 aliphatic carbocycles. The summed E-state index contributed by atoms with van der Waals surface area (Å²) in [6.45, 7) is 0. The van der Waals surface area contributed by atoms with Gasteiger partial charge >= 0.3 is 0 Å². The minimum absolute atomic E-state index is 1.10. The quantitative estimate of drug-likeness (QED) is 0.150. The van der Waals surface area contributed by atoms with Gasteiger partial charge < -0.3 is 4.90 Å². The van der Waals surface area contributed by atoms with Gasteiger partial charge in [0.05, 0.1) is 0 Å². The molecule has 10 aromatic rings. The summed E-state index contributed by atoms with van der Waals surface area (Å²) in [5, 5.41) is 7.55. The summed E-state index contributed by atoms with van der Waals surface area (Å²) in [5.74, 6) is 0. The monoisotopic (exact) mass is 699 g/mol. The van der Waals surface area contributed by atoms with E-state index in [-0.39, 0.29) is 0 Å². The molecule has 0 saturated heterocycles. The van der Waals surface area contributed by atoms with Gasteiger partial charge in [-0.25, -0.2) is 0 Å². The van der Waals surface area contributed by atoms with E-state index in [1.807, 2.05) is 0 Å². The Hall–Kier alpha value is -7.22. The van der Waals surface area contributed by atoms with Crippen molar-refractivity contribution in [1.82, 2.24) is 0 Å². The van der Waals surface area contributed by atoms with Crippen molar-refractivity contribution in [3.05, 3.63) is 224 Å². The molecule has 1 heteroatoms. The van der Waals surface area contributed by atoms with Crippen LogP contribution in [0.5, 0.6) is 0 Å². The van der Waals surface area contributed by atoms with Gasteiger partial charge in [0.25, 0.3) is 0 Å². The molecule has 0 fully saturated rings. The van der Waals surface area contributed by atoms with Crippen LogP contribution in [0.25, 0.3) is 76.8 Å². The molecule has 0 unspecified atom stereocenters. The predicted octanol–water partition coefficient (Wildman–Crippen LogP) is 15.3. The first-order valence-corrected chi connectivity index (χ1v) is 18.9. The molecule has 1 nitrogen and oxygen atoms in total. The van der Waals surface area contributed by atoms with Crippen LogP contribution < -0.4 is 4.90 Å². The second-order valence-electron chi connectivity index (χ2n) is 14.1. The molecule has 0 aromatic heterocycles. The molecule has 0 saturated carbocycles. The standard InChI is InChI=1S/C54H37N/c1-3-14-38(15-4-1)39-26-31-45(32-27-39)55(47-21-13-20-43(36-47)53-37-44-19-8-9-22-48(44)51-24-11-12-25-52(51)53)46-33-28-41(29-34-46)50-35-30-40-16-7-10-23-49(40)54(50)42-17-5-2-6-18-42/h1-37H. The zero-order valence-corrected chi connectivity index (χ0v) is 30.3. The molecular formula is C54H37N. The van der Waals surface area contributed by atoms with Gasteiger partial charge in [-0.05, 0) is 119 Å². The molecule has 55 heavy (non-hydrogen) atoms. The Morgan fingerprint density at radius 2 is 0.764 bits per heavy atom. The van der Waals surface area contributed by atoms with Crippen molar-refractivity contribution in [2.75, 3.05) is 4.90 Å². The molecule has 0 aliphatic heterocycles. The Morgan fingerprint density at radius 1 is 0.236 bits per heavy atom. The first-order chi connectivity index (χ1) is 27.3. The molecule has 0 amide bonds. The van der Waals surface area contributed by atoms with E-state index in [0.717, 1.165) is 17.1 Å². The number of nitrogens with zero attached hydrogens (tertiary/aromatic N) is 1. The fourth-order valence-electron chi connectivity index (χ4n) is 8.20. The Bertz CT molecular complexity index is 2950. The number of hydrogen-bond donors (Lipinski definition) is 0. The van der Waals surface area contributed by atoms with Crippen molar-refractivity contribution in [3.8, 4) is 44.5 Å². The Morgan fingerprint density at radius 3 is 1.47 bits per heavy atom. The van der Waals surface area contributed by atoms with Gasteiger partial charge in [-0.1, -0.05) is 182 Å². The van der Waals surface area contributed by atoms with E-state index in [1.54, 1.807) is 0 Å². The third-order valence-corrected chi connectivity index (χ3v) is 10.8. The smallest absolute Gasteiger partial charge is 0.0467 e. The summed E-state index contributed by atoms with van der Waals surface area (Å²) in [6.07, 6.45) is 0. The van der Waals surface area contributed by atoms with E-state index < -0.39 is 0 Å². The van der Waals surface area contributed by atoms with Crippen molar-refractivity contribution in [2.45, 2.75) is 0 Å². The zero-order chi connectivity index (χ0) is 36.6. The lowest BCUT2D eigenvalue weighted by molar-refractivity contribution is 1.28. The highest BCUT2D eigenvalue weighted by atomic mass is 15.1. The third-order valence-electron chi connectivity index (χ3n) is 10.8. The number of anilines is 3. The lowest BCUT2D eigenvalue weighted by Crippen LogP contribution is -2.10. The highest BCUT2D eigenvalue weighted by Crippen LogP contribution is 2.43. The van der Waals surface area contributed by atoms with Crippen molar-refractivity contribution in [3.63, 3.8) is 0 Å². The van der Waals surface area contributed by atoms with Gasteiger partial charge in [0, 0.05) is 17.1 Å². The Kier molecular flexibility index (Phi) is 8.24. The maximum absolute atomic E-state index is 2.38. The van der Waals surface area contributed by atoms with Crippen LogP contribution >= 0.6 is 0 Å².